The Kier molecular flexibility index (Phi) is 15.3. The summed E-state index contributed by atoms with van der Waals surface area (Å²) >= 11 is 5.84. The van der Waals surface area contributed by atoms with Crippen LogP contribution >= 0.6 is 11.6 Å². The van der Waals surface area contributed by atoms with E-state index in [1.54, 1.807) is 54.7 Å². The summed E-state index contributed by atoms with van der Waals surface area (Å²) in [4.78, 5) is 24.1. The van der Waals surface area contributed by atoms with Crippen molar-refractivity contribution < 1.29 is 14.3 Å². The lowest BCUT2D eigenvalue weighted by Gasteiger charge is -2.05. The predicted molar refractivity (Wildman–Crippen MR) is 149 cm³/mol. The van der Waals surface area contributed by atoms with Gasteiger partial charge in [-0.05, 0) is 60.5 Å². The highest BCUT2D eigenvalue weighted by molar-refractivity contribution is 6.30. The summed E-state index contributed by atoms with van der Waals surface area (Å²) in [6, 6.07) is 13.4. The number of rotatable bonds is 18. The molecule has 0 aromatic heterocycles. The molecule has 0 unspecified atom stereocenters. The number of carbonyl (C=O) groups is 2. The summed E-state index contributed by atoms with van der Waals surface area (Å²) in [6.45, 7) is 2.26. The molecule has 0 aliphatic heterocycles. The minimum Gasteiger partial charge on any atom is -0.423 e. The highest BCUT2D eigenvalue weighted by Crippen LogP contribution is 2.16. The molecule has 6 heteroatoms. The molecule has 0 spiro atoms. The first-order valence-corrected chi connectivity index (χ1v) is 13.9. The van der Waals surface area contributed by atoms with E-state index in [0.717, 1.165) is 18.4 Å². The molecular formula is C30H41ClN2O3. The molecule has 2 aromatic rings. The van der Waals surface area contributed by atoms with E-state index in [2.05, 4.69) is 17.5 Å². The number of halogens is 1. The molecule has 0 fully saturated rings. The average molecular weight is 513 g/mol. The van der Waals surface area contributed by atoms with E-state index in [1.807, 2.05) is 0 Å². The van der Waals surface area contributed by atoms with Crippen molar-refractivity contribution in [2.45, 2.75) is 96.8 Å². The molecule has 196 valence electrons. The van der Waals surface area contributed by atoms with Crippen molar-refractivity contribution in [3.63, 3.8) is 0 Å². The maximum atomic E-state index is 12.2. The predicted octanol–water partition coefficient (Wildman–Crippen LogP) is 8.49. The largest absolute Gasteiger partial charge is 0.423 e. The maximum absolute atomic E-state index is 12.2. The fourth-order valence-electron chi connectivity index (χ4n) is 3.91. The lowest BCUT2D eigenvalue weighted by molar-refractivity contribution is -0.121. The van der Waals surface area contributed by atoms with E-state index in [0.29, 0.717) is 22.8 Å². The molecule has 0 aliphatic carbocycles. The Bertz CT molecular complexity index is 911. The number of unbranched alkanes of at least 4 members (excludes halogenated alkanes) is 12. The molecule has 0 saturated carbocycles. The van der Waals surface area contributed by atoms with E-state index in [4.69, 9.17) is 16.3 Å². The number of ether oxygens (including phenoxy) is 1. The second-order valence-corrected chi connectivity index (χ2v) is 9.69. The van der Waals surface area contributed by atoms with Gasteiger partial charge < -0.3 is 4.74 Å². The number of carbonyl (C=O) groups excluding carboxylic acids is 2. The second kappa shape index (κ2) is 18.6. The van der Waals surface area contributed by atoms with Gasteiger partial charge in [-0.1, -0.05) is 95.6 Å². The summed E-state index contributed by atoms with van der Waals surface area (Å²) in [7, 11) is 0. The van der Waals surface area contributed by atoms with E-state index >= 15 is 0 Å². The summed E-state index contributed by atoms with van der Waals surface area (Å²) in [5.41, 5.74) is 3.80. The van der Waals surface area contributed by atoms with Gasteiger partial charge in [0.15, 0.2) is 0 Å². The van der Waals surface area contributed by atoms with Crippen LogP contribution in [0, 0.1) is 0 Å². The summed E-state index contributed by atoms with van der Waals surface area (Å²) in [6.07, 6.45) is 18.8. The van der Waals surface area contributed by atoms with Crippen LogP contribution < -0.4 is 10.2 Å². The molecule has 2 aromatic carbocycles. The summed E-state index contributed by atoms with van der Waals surface area (Å²) < 4.78 is 5.35. The highest BCUT2D eigenvalue weighted by Gasteiger charge is 2.08. The number of benzene rings is 2. The van der Waals surface area contributed by atoms with Crippen molar-refractivity contribution in [1.29, 1.82) is 0 Å². The van der Waals surface area contributed by atoms with Crippen LogP contribution in [0.25, 0.3) is 0 Å². The van der Waals surface area contributed by atoms with Gasteiger partial charge in [0, 0.05) is 11.4 Å². The zero-order valence-corrected chi connectivity index (χ0v) is 22.4. The van der Waals surface area contributed by atoms with Crippen LogP contribution in [0.5, 0.6) is 5.75 Å². The smallest absolute Gasteiger partial charge is 0.343 e. The third-order valence-corrected chi connectivity index (χ3v) is 6.33. The number of hydrogen-bond acceptors (Lipinski definition) is 4. The van der Waals surface area contributed by atoms with E-state index in [1.165, 1.54) is 70.6 Å². The van der Waals surface area contributed by atoms with Crippen molar-refractivity contribution in [3.8, 4) is 5.75 Å². The monoisotopic (exact) mass is 512 g/mol. The molecule has 1 amide bonds. The van der Waals surface area contributed by atoms with Crippen molar-refractivity contribution in [1.82, 2.24) is 5.43 Å². The molecular weight excluding hydrogens is 472 g/mol. The molecule has 0 aliphatic rings. The first-order valence-electron chi connectivity index (χ1n) is 13.5. The molecule has 2 rings (SSSR count). The molecule has 5 nitrogen and oxygen atoms in total. The fraction of sp³-hybridized carbons (Fsp3) is 0.500. The van der Waals surface area contributed by atoms with Gasteiger partial charge in [-0.3, -0.25) is 4.79 Å². The lowest BCUT2D eigenvalue weighted by Crippen LogP contribution is -2.16. The van der Waals surface area contributed by atoms with Crippen LogP contribution in [-0.2, 0) is 4.79 Å². The van der Waals surface area contributed by atoms with Gasteiger partial charge in [-0.25, -0.2) is 10.2 Å². The minimum atomic E-state index is -0.450. The standard InChI is InChI=1S/C30H41ClN2O3/c1-2-3-4-5-6-7-8-9-10-11-12-13-14-15-29(34)33-32-24-25-16-22-28(23-17-25)36-30(35)26-18-20-27(31)21-19-26/h16-24H,2-15H2,1H3,(H,33,34)/b32-24+. The van der Waals surface area contributed by atoms with Crippen molar-refractivity contribution in [2.75, 3.05) is 0 Å². The van der Waals surface area contributed by atoms with Crippen LogP contribution in [0.15, 0.2) is 53.6 Å². The van der Waals surface area contributed by atoms with Crippen molar-refractivity contribution in [3.05, 3.63) is 64.7 Å². The topological polar surface area (TPSA) is 67.8 Å². The van der Waals surface area contributed by atoms with Gasteiger partial charge in [0.2, 0.25) is 5.91 Å². The third-order valence-electron chi connectivity index (χ3n) is 6.08. The van der Waals surface area contributed by atoms with Gasteiger partial charge in [0.1, 0.15) is 5.75 Å². The number of nitrogens with zero attached hydrogens (tertiary/aromatic N) is 1. The second-order valence-electron chi connectivity index (χ2n) is 9.25. The van der Waals surface area contributed by atoms with E-state index in [-0.39, 0.29) is 5.91 Å². The Labute approximate surface area is 221 Å². The third kappa shape index (κ3) is 13.4. The van der Waals surface area contributed by atoms with Gasteiger partial charge >= 0.3 is 5.97 Å². The summed E-state index contributed by atoms with van der Waals surface area (Å²) in [5, 5.41) is 4.59. The lowest BCUT2D eigenvalue weighted by atomic mass is 10.0. The van der Waals surface area contributed by atoms with Gasteiger partial charge in [-0.15, -0.1) is 0 Å². The van der Waals surface area contributed by atoms with Crippen LogP contribution in [-0.4, -0.2) is 18.1 Å². The van der Waals surface area contributed by atoms with Gasteiger partial charge in [-0.2, -0.15) is 5.10 Å². The molecule has 0 bridgehead atoms. The first-order chi connectivity index (χ1) is 17.6. The molecule has 0 heterocycles. The first kappa shape index (κ1) is 29.6. The maximum Gasteiger partial charge on any atom is 0.343 e. The van der Waals surface area contributed by atoms with Gasteiger partial charge in [0.05, 0.1) is 11.8 Å². The molecule has 1 N–H and O–H groups in total. The Morgan fingerprint density at radius 3 is 1.86 bits per heavy atom. The highest BCUT2D eigenvalue weighted by atomic mass is 35.5. The van der Waals surface area contributed by atoms with Crippen LogP contribution in [0.2, 0.25) is 5.02 Å². The Morgan fingerprint density at radius 1 is 0.778 bits per heavy atom. The molecule has 0 saturated heterocycles. The van der Waals surface area contributed by atoms with Crippen LogP contribution in [0.4, 0.5) is 0 Å². The van der Waals surface area contributed by atoms with E-state index < -0.39 is 5.97 Å². The van der Waals surface area contributed by atoms with Crippen LogP contribution in [0.3, 0.4) is 0 Å². The fourth-order valence-corrected chi connectivity index (χ4v) is 4.04. The van der Waals surface area contributed by atoms with Crippen molar-refractivity contribution >= 4 is 29.7 Å². The zero-order valence-electron chi connectivity index (χ0n) is 21.6. The quantitative estimate of drug-likeness (QED) is 0.0715. The number of hydrazone groups is 1. The Hall–Kier alpha value is -2.66. The minimum absolute atomic E-state index is 0.0668. The number of amides is 1. The molecule has 0 atom stereocenters. The molecule has 36 heavy (non-hydrogen) atoms. The van der Waals surface area contributed by atoms with E-state index in [9.17, 15) is 9.59 Å². The SMILES string of the molecule is CCCCCCCCCCCCCCCC(=O)N/N=C/c1ccc(OC(=O)c2ccc(Cl)cc2)cc1. The number of hydrogen-bond donors (Lipinski definition) is 1. The average Bonchev–Trinajstić information content (AvgIpc) is 2.88. The Balaban J connectivity index is 1.50. The normalized spacial score (nSPS) is 11.1. The summed E-state index contributed by atoms with van der Waals surface area (Å²) in [5.74, 6) is -0.0881. The zero-order chi connectivity index (χ0) is 25.8. The molecule has 0 radical (unpaired) electrons. The van der Waals surface area contributed by atoms with Gasteiger partial charge in [0.25, 0.3) is 0 Å². The number of nitrogens with one attached hydrogen (secondary N) is 1. The number of esters is 1. The van der Waals surface area contributed by atoms with Crippen LogP contribution in [0.1, 0.15) is 113 Å². The van der Waals surface area contributed by atoms with Crippen molar-refractivity contribution in [2.24, 2.45) is 5.10 Å². The Morgan fingerprint density at radius 2 is 1.31 bits per heavy atom.